The van der Waals surface area contributed by atoms with Gasteiger partial charge in [0.15, 0.2) is 6.29 Å². The Morgan fingerprint density at radius 2 is 2.11 bits per heavy atom. The van der Waals surface area contributed by atoms with Crippen molar-refractivity contribution in [1.82, 2.24) is 4.90 Å². The summed E-state index contributed by atoms with van der Waals surface area (Å²) in [5.41, 5.74) is 0. The molecule has 19 heavy (non-hydrogen) atoms. The van der Waals surface area contributed by atoms with Crippen LogP contribution in [0.25, 0.3) is 0 Å². The number of hydrogen-bond acceptors (Lipinski definition) is 5. The molecule has 0 amide bonds. The number of carbonyl (C=O) groups excluding carboxylic acids is 1. The van der Waals surface area contributed by atoms with E-state index in [2.05, 4.69) is 4.90 Å². The third-order valence-corrected chi connectivity index (χ3v) is 3.91. The smallest absolute Gasteiger partial charge is 0.323 e. The second kappa shape index (κ2) is 7.82. The molecule has 0 aromatic rings. The van der Waals surface area contributed by atoms with Gasteiger partial charge in [-0.2, -0.15) is 0 Å². The molecule has 0 aromatic heterocycles. The maximum Gasteiger partial charge on any atom is 0.323 e. The average Bonchev–Trinajstić information content (AvgIpc) is 2.48. The topological polar surface area (TPSA) is 48.0 Å². The summed E-state index contributed by atoms with van der Waals surface area (Å²) < 4.78 is 16.1. The standard InChI is InChI=1S/C14H25NO4/c1-17-14(16)12-6-2-4-8-15(12)9-11-19-13-7-3-5-10-18-13/h12-13H,2-11H2,1H3/t12-,13+/m0/s1. The molecular formula is C14H25NO4. The molecular weight excluding hydrogens is 246 g/mol. The maximum atomic E-state index is 11.7. The zero-order valence-electron chi connectivity index (χ0n) is 11.8. The predicted molar refractivity (Wildman–Crippen MR) is 70.8 cm³/mol. The van der Waals surface area contributed by atoms with Crippen LogP contribution >= 0.6 is 0 Å². The minimum absolute atomic E-state index is 0.0462. The van der Waals surface area contributed by atoms with Gasteiger partial charge < -0.3 is 14.2 Å². The Morgan fingerprint density at radius 3 is 2.84 bits per heavy atom. The number of hydrogen-bond donors (Lipinski definition) is 0. The summed E-state index contributed by atoms with van der Waals surface area (Å²) in [6.45, 7) is 3.16. The number of methoxy groups -OCH3 is 1. The zero-order chi connectivity index (χ0) is 13.5. The molecule has 110 valence electrons. The van der Waals surface area contributed by atoms with E-state index in [1.165, 1.54) is 13.5 Å². The molecule has 0 radical (unpaired) electrons. The molecule has 2 saturated heterocycles. The highest BCUT2D eigenvalue weighted by Crippen LogP contribution is 2.18. The van der Waals surface area contributed by atoms with Crippen LogP contribution in [0, 0.1) is 0 Å². The number of likely N-dealkylation sites (tertiary alicyclic amines) is 1. The largest absolute Gasteiger partial charge is 0.468 e. The number of esters is 1. The minimum Gasteiger partial charge on any atom is -0.468 e. The first kappa shape index (κ1) is 14.8. The number of piperidine rings is 1. The molecule has 2 heterocycles. The van der Waals surface area contributed by atoms with Gasteiger partial charge in [-0.1, -0.05) is 6.42 Å². The summed E-state index contributed by atoms with van der Waals surface area (Å²) in [6.07, 6.45) is 6.40. The Labute approximate surface area is 115 Å². The highest BCUT2D eigenvalue weighted by atomic mass is 16.7. The fourth-order valence-corrected chi connectivity index (χ4v) is 2.81. The molecule has 0 saturated carbocycles. The third-order valence-electron chi connectivity index (χ3n) is 3.91. The van der Waals surface area contributed by atoms with E-state index in [0.717, 1.165) is 51.8 Å². The maximum absolute atomic E-state index is 11.7. The second-order valence-corrected chi connectivity index (χ2v) is 5.24. The fourth-order valence-electron chi connectivity index (χ4n) is 2.81. The predicted octanol–water partition coefficient (Wildman–Crippen LogP) is 1.56. The minimum atomic E-state index is -0.117. The number of nitrogens with zero attached hydrogens (tertiary/aromatic N) is 1. The number of ether oxygens (including phenoxy) is 3. The van der Waals surface area contributed by atoms with Crippen molar-refractivity contribution in [2.45, 2.75) is 50.9 Å². The number of rotatable bonds is 5. The monoisotopic (exact) mass is 271 g/mol. The van der Waals surface area contributed by atoms with Gasteiger partial charge in [0.25, 0.3) is 0 Å². The van der Waals surface area contributed by atoms with E-state index in [4.69, 9.17) is 14.2 Å². The summed E-state index contributed by atoms with van der Waals surface area (Å²) in [7, 11) is 1.46. The Kier molecular flexibility index (Phi) is 6.07. The summed E-state index contributed by atoms with van der Waals surface area (Å²) in [5.74, 6) is -0.117. The van der Waals surface area contributed by atoms with E-state index < -0.39 is 0 Å². The Hall–Kier alpha value is -0.650. The van der Waals surface area contributed by atoms with Gasteiger partial charge in [0, 0.05) is 13.2 Å². The molecule has 2 fully saturated rings. The van der Waals surface area contributed by atoms with E-state index in [0.29, 0.717) is 6.61 Å². The van der Waals surface area contributed by atoms with Crippen LogP contribution in [-0.4, -0.2) is 56.6 Å². The normalized spacial score (nSPS) is 29.1. The van der Waals surface area contributed by atoms with Crippen molar-refractivity contribution < 1.29 is 19.0 Å². The van der Waals surface area contributed by atoms with E-state index in [9.17, 15) is 4.79 Å². The SMILES string of the molecule is COC(=O)[C@@H]1CCCCN1CCO[C@@H]1CCCCO1. The summed E-state index contributed by atoms with van der Waals surface area (Å²) >= 11 is 0. The molecule has 0 bridgehead atoms. The quantitative estimate of drug-likeness (QED) is 0.710. The highest BCUT2D eigenvalue weighted by molar-refractivity contribution is 5.75. The zero-order valence-corrected chi connectivity index (χ0v) is 11.8. The van der Waals surface area contributed by atoms with E-state index in [-0.39, 0.29) is 18.3 Å². The molecule has 2 atom stereocenters. The van der Waals surface area contributed by atoms with Crippen LogP contribution in [0.5, 0.6) is 0 Å². The van der Waals surface area contributed by atoms with Crippen molar-refractivity contribution in [3.05, 3.63) is 0 Å². The van der Waals surface area contributed by atoms with Crippen LogP contribution < -0.4 is 0 Å². The summed E-state index contributed by atoms with van der Waals surface area (Å²) in [6, 6.07) is -0.0883. The molecule has 5 nitrogen and oxygen atoms in total. The Balaban J connectivity index is 1.71. The van der Waals surface area contributed by atoms with Crippen molar-refractivity contribution >= 4 is 5.97 Å². The lowest BCUT2D eigenvalue weighted by Gasteiger charge is -2.34. The van der Waals surface area contributed by atoms with Crippen LogP contribution in [0.15, 0.2) is 0 Å². The van der Waals surface area contributed by atoms with Gasteiger partial charge in [-0.25, -0.2) is 0 Å². The first-order chi connectivity index (χ1) is 9.31. The van der Waals surface area contributed by atoms with Gasteiger partial charge in [-0.3, -0.25) is 9.69 Å². The van der Waals surface area contributed by atoms with Crippen LogP contribution in [0.1, 0.15) is 38.5 Å². The lowest BCUT2D eigenvalue weighted by molar-refractivity contribution is -0.167. The molecule has 2 rings (SSSR count). The average molecular weight is 271 g/mol. The molecule has 2 aliphatic heterocycles. The molecule has 5 heteroatoms. The van der Waals surface area contributed by atoms with E-state index in [1.54, 1.807) is 0 Å². The van der Waals surface area contributed by atoms with Gasteiger partial charge in [-0.15, -0.1) is 0 Å². The summed E-state index contributed by atoms with van der Waals surface area (Å²) in [5, 5.41) is 0. The fraction of sp³-hybridized carbons (Fsp3) is 0.929. The highest BCUT2D eigenvalue weighted by Gasteiger charge is 2.29. The Bertz CT molecular complexity index is 279. The summed E-state index contributed by atoms with van der Waals surface area (Å²) in [4.78, 5) is 13.9. The van der Waals surface area contributed by atoms with Gasteiger partial charge >= 0.3 is 5.97 Å². The number of carbonyl (C=O) groups is 1. The Morgan fingerprint density at radius 1 is 1.26 bits per heavy atom. The van der Waals surface area contributed by atoms with E-state index >= 15 is 0 Å². The van der Waals surface area contributed by atoms with Crippen molar-refractivity contribution in [2.24, 2.45) is 0 Å². The van der Waals surface area contributed by atoms with Crippen molar-refractivity contribution in [1.29, 1.82) is 0 Å². The van der Waals surface area contributed by atoms with Crippen LogP contribution in [-0.2, 0) is 19.0 Å². The lowest BCUT2D eigenvalue weighted by Crippen LogP contribution is -2.46. The van der Waals surface area contributed by atoms with Gasteiger partial charge in [0.2, 0.25) is 0 Å². The first-order valence-corrected chi connectivity index (χ1v) is 7.36. The van der Waals surface area contributed by atoms with Crippen LogP contribution in [0.2, 0.25) is 0 Å². The lowest BCUT2D eigenvalue weighted by atomic mass is 10.0. The van der Waals surface area contributed by atoms with Gasteiger partial charge in [-0.05, 0) is 38.6 Å². The van der Waals surface area contributed by atoms with Crippen LogP contribution in [0.3, 0.4) is 0 Å². The first-order valence-electron chi connectivity index (χ1n) is 7.36. The molecule has 0 unspecified atom stereocenters. The van der Waals surface area contributed by atoms with Crippen molar-refractivity contribution in [3.63, 3.8) is 0 Å². The second-order valence-electron chi connectivity index (χ2n) is 5.24. The molecule has 0 spiro atoms. The van der Waals surface area contributed by atoms with Crippen molar-refractivity contribution in [3.8, 4) is 0 Å². The molecule has 0 aromatic carbocycles. The van der Waals surface area contributed by atoms with Gasteiger partial charge in [0.1, 0.15) is 6.04 Å². The van der Waals surface area contributed by atoms with Crippen LogP contribution in [0.4, 0.5) is 0 Å². The molecule has 2 aliphatic rings. The van der Waals surface area contributed by atoms with Crippen molar-refractivity contribution in [2.75, 3.05) is 33.4 Å². The van der Waals surface area contributed by atoms with Gasteiger partial charge in [0.05, 0.1) is 13.7 Å². The van der Waals surface area contributed by atoms with E-state index in [1.807, 2.05) is 0 Å². The third kappa shape index (κ3) is 4.44. The molecule has 0 aliphatic carbocycles. The molecule has 0 N–H and O–H groups in total.